The minimum atomic E-state index is -4.38. The molecule has 2 aromatic carbocycles. The Balaban J connectivity index is 1.52. The Hall–Kier alpha value is -3.00. The van der Waals surface area contributed by atoms with Gasteiger partial charge in [0, 0.05) is 30.3 Å². The van der Waals surface area contributed by atoms with Crippen LogP contribution in [0, 0.1) is 0 Å². The van der Waals surface area contributed by atoms with Crippen molar-refractivity contribution >= 4 is 0 Å². The molecule has 164 valence electrons. The molecule has 1 saturated heterocycles. The van der Waals surface area contributed by atoms with Gasteiger partial charge in [0.25, 0.3) is 0 Å². The molecular formula is C23H24F3N3O2. The molecule has 3 aromatic rings. The number of nitrogens with zero attached hydrogens (tertiary/aromatic N) is 2. The Morgan fingerprint density at radius 3 is 2.81 bits per heavy atom. The summed E-state index contributed by atoms with van der Waals surface area (Å²) >= 11 is 0. The number of aromatic amines is 1. The highest BCUT2D eigenvalue weighted by atomic mass is 19.4. The van der Waals surface area contributed by atoms with Gasteiger partial charge < -0.3 is 9.84 Å². The van der Waals surface area contributed by atoms with Gasteiger partial charge in [-0.05, 0) is 54.8 Å². The summed E-state index contributed by atoms with van der Waals surface area (Å²) in [5, 5.41) is 17.2. The van der Waals surface area contributed by atoms with Crippen LogP contribution in [-0.2, 0) is 12.7 Å². The highest BCUT2D eigenvalue weighted by Gasteiger charge is 2.31. The zero-order valence-electron chi connectivity index (χ0n) is 17.1. The molecule has 0 aliphatic carbocycles. The largest absolute Gasteiger partial charge is 0.504 e. The van der Waals surface area contributed by atoms with Crippen molar-refractivity contribution in [2.75, 3.05) is 20.2 Å². The molecule has 1 aromatic heterocycles. The maximum Gasteiger partial charge on any atom is 0.416 e. The van der Waals surface area contributed by atoms with E-state index in [1.54, 1.807) is 24.4 Å². The molecule has 0 spiro atoms. The number of benzene rings is 2. The Bertz CT molecular complexity index is 1050. The van der Waals surface area contributed by atoms with Crippen LogP contribution < -0.4 is 4.74 Å². The molecule has 8 heteroatoms. The molecule has 1 aliphatic rings. The summed E-state index contributed by atoms with van der Waals surface area (Å²) in [7, 11) is 1.51. The first-order valence-electron chi connectivity index (χ1n) is 10.1. The maximum absolute atomic E-state index is 13.1. The molecule has 1 atom stereocenters. The number of piperidine rings is 1. The standard InChI is InChI=1S/C23H24F3N3O2/c1-31-21-8-7-15(10-20(21)30)13-29-9-3-5-17(14-29)22-19(12-27-28-22)16-4-2-6-18(11-16)23(24,25)26/h2,4,6-8,10-12,17,30H,3,5,9,13-14H2,1H3,(H,27,28)/t17-/m1/s1. The number of rotatable bonds is 5. The quantitative estimate of drug-likeness (QED) is 0.584. The fourth-order valence-corrected chi connectivity index (χ4v) is 4.23. The first-order valence-corrected chi connectivity index (χ1v) is 10.1. The molecule has 4 rings (SSSR count). The number of hydrogen-bond acceptors (Lipinski definition) is 4. The van der Waals surface area contributed by atoms with Crippen molar-refractivity contribution in [1.29, 1.82) is 0 Å². The van der Waals surface area contributed by atoms with Crippen LogP contribution in [0.4, 0.5) is 13.2 Å². The highest BCUT2D eigenvalue weighted by Crippen LogP contribution is 2.36. The zero-order valence-corrected chi connectivity index (χ0v) is 17.1. The van der Waals surface area contributed by atoms with Crippen LogP contribution in [0.5, 0.6) is 11.5 Å². The van der Waals surface area contributed by atoms with E-state index in [4.69, 9.17) is 4.74 Å². The Kier molecular flexibility index (Phi) is 5.91. The van der Waals surface area contributed by atoms with Crippen LogP contribution in [-0.4, -0.2) is 40.4 Å². The predicted molar refractivity (Wildman–Crippen MR) is 111 cm³/mol. The number of likely N-dealkylation sites (tertiary alicyclic amines) is 1. The lowest BCUT2D eigenvalue weighted by molar-refractivity contribution is -0.137. The average Bonchev–Trinajstić information content (AvgIpc) is 3.24. The summed E-state index contributed by atoms with van der Waals surface area (Å²) in [6.45, 7) is 2.33. The fourth-order valence-electron chi connectivity index (χ4n) is 4.23. The molecule has 1 aliphatic heterocycles. The van der Waals surface area contributed by atoms with Gasteiger partial charge >= 0.3 is 6.18 Å². The van der Waals surface area contributed by atoms with E-state index in [-0.39, 0.29) is 11.7 Å². The monoisotopic (exact) mass is 431 g/mol. The van der Waals surface area contributed by atoms with Gasteiger partial charge in [-0.15, -0.1) is 0 Å². The van der Waals surface area contributed by atoms with E-state index in [1.165, 1.54) is 19.2 Å². The number of aromatic nitrogens is 2. The van der Waals surface area contributed by atoms with Crippen molar-refractivity contribution in [2.24, 2.45) is 0 Å². The van der Waals surface area contributed by atoms with Gasteiger partial charge in [-0.2, -0.15) is 18.3 Å². The molecule has 0 amide bonds. The van der Waals surface area contributed by atoms with Gasteiger partial charge in [0.2, 0.25) is 0 Å². The Labute approximate surface area is 178 Å². The van der Waals surface area contributed by atoms with Crippen LogP contribution in [0.25, 0.3) is 11.1 Å². The minimum absolute atomic E-state index is 0.106. The van der Waals surface area contributed by atoms with E-state index in [0.29, 0.717) is 23.4 Å². The number of nitrogens with one attached hydrogen (secondary N) is 1. The van der Waals surface area contributed by atoms with Crippen molar-refractivity contribution in [3.8, 4) is 22.6 Å². The van der Waals surface area contributed by atoms with Crippen LogP contribution >= 0.6 is 0 Å². The number of phenolic OH excluding ortho intramolecular Hbond substituents is 1. The number of alkyl halides is 3. The van der Waals surface area contributed by atoms with Crippen LogP contribution in [0.2, 0.25) is 0 Å². The lowest BCUT2D eigenvalue weighted by Gasteiger charge is -2.32. The second kappa shape index (κ2) is 8.63. The van der Waals surface area contributed by atoms with Crippen LogP contribution in [0.1, 0.15) is 35.6 Å². The van der Waals surface area contributed by atoms with E-state index in [1.807, 2.05) is 6.07 Å². The summed E-state index contributed by atoms with van der Waals surface area (Å²) in [6.07, 6.45) is -0.886. The van der Waals surface area contributed by atoms with E-state index in [0.717, 1.165) is 43.3 Å². The molecule has 1 fully saturated rings. The number of halogens is 3. The molecule has 2 N–H and O–H groups in total. The van der Waals surface area contributed by atoms with Crippen LogP contribution in [0.15, 0.2) is 48.7 Å². The Morgan fingerprint density at radius 1 is 1.23 bits per heavy atom. The third-order valence-corrected chi connectivity index (χ3v) is 5.73. The normalized spacial score (nSPS) is 17.6. The molecule has 2 heterocycles. The number of methoxy groups -OCH3 is 1. The minimum Gasteiger partial charge on any atom is -0.504 e. The number of aromatic hydroxyl groups is 1. The third kappa shape index (κ3) is 4.69. The van der Waals surface area contributed by atoms with Gasteiger partial charge in [0.1, 0.15) is 0 Å². The lowest BCUT2D eigenvalue weighted by Crippen LogP contribution is -2.34. The summed E-state index contributed by atoms with van der Waals surface area (Å²) < 4.78 is 44.5. The van der Waals surface area contributed by atoms with E-state index < -0.39 is 11.7 Å². The van der Waals surface area contributed by atoms with Crippen molar-refractivity contribution in [3.63, 3.8) is 0 Å². The fraction of sp³-hybridized carbons (Fsp3) is 0.348. The molecule has 0 unspecified atom stereocenters. The topological polar surface area (TPSA) is 61.4 Å². The Morgan fingerprint density at radius 2 is 2.06 bits per heavy atom. The van der Waals surface area contributed by atoms with Gasteiger partial charge in [-0.3, -0.25) is 10.00 Å². The van der Waals surface area contributed by atoms with Gasteiger partial charge in [-0.25, -0.2) is 0 Å². The van der Waals surface area contributed by atoms with E-state index >= 15 is 0 Å². The molecule has 31 heavy (non-hydrogen) atoms. The molecule has 0 bridgehead atoms. The highest BCUT2D eigenvalue weighted by molar-refractivity contribution is 5.66. The third-order valence-electron chi connectivity index (χ3n) is 5.73. The molecular weight excluding hydrogens is 407 g/mol. The first kappa shape index (κ1) is 21.2. The lowest BCUT2D eigenvalue weighted by atomic mass is 9.90. The number of ether oxygens (including phenoxy) is 1. The molecule has 0 radical (unpaired) electrons. The second-order valence-corrected chi connectivity index (χ2v) is 7.86. The number of hydrogen-bond donors (Lipinski definition) is 2. The second-order valence-electron chi connectivity index (χ2n) is 7.86. The molecule has 5 nitrogen and oxygen atoms in total. The van der Waals surface area contributed by atoms with E-state index in [9.17, 15) is 18.3 Å². The zero-order chi connectivity index (χ0) is 22.0. The van der Waals surface area contributed by atoms with Crippen LogP contribution in [0.3, 0.4) is 0 Å². The number of H-pyrrole nitrogens is 1. The van der Waals surface area contributed by atoms with Gasteiger partial charge in [-0.1, -0.05) is 18.2 Å². The van der Waals surface area contributed by atoms with Crippen molar-refractivity contribution < 1.29 is 23.0 Å². The first-order chi connectivity index (χ1) is 14.8. The summed E-state index contributed by atoms with van der Waals surface area (Å²) in [5.74, 6) is 0.671. The van der Waals surface area contributed by atoms with Gasteiger partial charge in [0.05, 0.1) is 18.9 Å². The van der Waals surface area contributed by atoms with Gasteiger partial charge in [0.15, 0.2) is 11.5 Å². The molecule has 0 saturated carbocycles. The average molecular weight is 431 g/mol. The van der Waals surface area contributed by atoms with Crippen molar-refractivity contribution in [3.05, 3.63) is 65.5 Å². The summed E-state index contributed by atoms with van der Waals surface area (Å²) in [5.41, 5.74) is 2.39. The van der Waals surface area contributed by atoms with Crippen molar-refractivity contribution in [2.45, 2.75) is 31.5 Å². The van der Waals surface area contributed by atoms with Crippen molar-refractivity contribution in [1.82, 2.24) is 15.1 Å². The summed E-state index contributed by atoms with van der Waals surface area (Å²) in [6, 6.07) is 10.7. The predicted octanol–water partition coefficient (Wildman–Crippen LogP) is 5.19. The SMILES string of the molecule is COc1ccc(CN2CCC[C@@H](c3[nH]ncc3-c3cccc(C(F)(F)F)c3)C2)cc1O. The smallest absolute Gasteiger partial charge is 0.416 e. The summed E-state index contributed by atoms with van der Waals surface area (Å²) in [4.78, 5) is 2.28. The maximum atomic E-state index is 13.1. The number of phenols is 1. The van der Waals surface area contributed by atoms with E-state index in [2.05, 4.69) is 15.1 Å².